The van der Waals surface area contributed by atoms with Crippen molar-refractivity contribution in [2.45, 2.75) is 25.9 Å². The van der Waals surface area contributed by atoms with Gasteiger partial charge in [-0.2, -0.15) is 13.2 Å². The molecule has 0 aromatic heterocycles. The standard InChI is InChI=1S/C15H21F3N2O2/c1-2-12-6-3-4-7-13(12)19-14(22)10-20(8-5-9-21)11-15(16,17)18/h3-4,6-7,21H,2,5,8-11H2,1H3,(H,19,22). The van der Waals surface area contributed by atoms with Gasteiger partial charge in [-0.15, -0.1) is 0 Å². The molecule has 1 amide bonds. The number of aliphatic hydroxyl groups excluding tert-OH is 1. The number of amides is 1. The number of carbonyl (C=O) groups is 1. The van der Waals surface area contributed by atoms with E-state index in [1.807, 2.05) is 19.1 Å². The number of aliphatic hydroxyl groups is 1. The summed E-state index contributed by atoms with van der Waals surface area (Å²) < 4.78 is 37.5. The van der Waals surface area contributed by atoms with Crippen molar-refractivity contribution in [1.82, 2.24) is 4.90 Å². The molecule has 2 N–H and O–H groups in total. The number of hydrogen-bond acceptors (Lipinski definition) is 3. The minimum Gasteiger partial charge on any atom is -0.396 e. The molecule has 0 unspecified atom stereocenters. The van der Waals surface area contributed by atoms with Crippen molar-refractivity contribution in [2.75, 3.05) is 31.6 Å². The number of nitrogens with zero attached hydrogens (tertiary/aromatic N) is 1. The topological polar surface area (TPSA) is 52.6 Å². The van der Waals surface area contributed by atoms with E-state index in [9.17, 15) is 18.0 Å². The number of aryl methyl sites for hydroxylation is 1. The summed E-state index contributed by atoms with van der Waals surface area (Å²) in [5.74, 6) is -0.497. The molecule has 0 aliphatic carbocycles. The van der Waals surface area contributed by atoms with Crippen LogP contribution in [0.15, 0.2) is 24.3 Å². The summed E-state index contributed by atoms with van der Waals surface area (Å²) in [6.45, 7) is 0.198. The highest BCUT2D eigenvalue weighted by atomic mass is 19.4. The molecule has 124 valence electrons. The van der Waals surface area contributed by atoms with Gasteiger partial charge >= 0.3 is 6.18 Å². The zero-order valence-corrected chi connectivity index (χ0v) is 12.5. The lowest BCUT2D eigenvalue weighted by atomic mass is 10.1. The maximum Gasteiger partial charge on any atom is 0.401 e. The molecule has 1 rings (SSSR count). The highest BCUT2D eigenvalue weighted by Crippen LogP contribution is 2.18. The lowest BCUT2D eigenvalue weighted by Gasteiger charge is -2.23. The molecule has 0 aliphatic heterocycles. The van der Waals surface area contributed by atoms with Gasteiger partial charge in [-0.1, -0.05) is 25.1 Å². The van der Waals surface area contributed by atoms with Crippen molar-refractivity contribution in [1.29, 1.82) is 0 Å². The van der Waals surface area contributed by atoms with Crippen molar-refractivity contribution in [3.8, 4) is 0 Å². The number of benzene rings is 1. The fourth-order valence-electron chi connectivity index (χ4n) is 2.11. The van der Waals surface area contributed by atoms with E-state index in [4.69, 9.17) is 5.11 Å². The first-order valence-corrected chi connectivity index (χ1v) is 7.13. The highest BCUT2D eigenvalue weighted by Gasteiger charge is 2.31. The predicted octanol–water partition coefficient (Wildman–Crippen LogP) is 2.43. The van der Waals surface area contributed by atoms with Gasteiger partial charge in [-0.25, -0.2) is 0 Å². The van der Waals surface area contributed by atoms with Crippen molar-refractivity contribution in [3.05, 3.63) is 29.8 Å². The molecule has 0 aliphatic rings. The number of para-hydroxylation sites is 1. The Labute approximate surface area is 127 Å². The number of carbonyl (C=O) groups excluding carboxylic acids is 1. The second-order valence-electron chi connectivity index (χ2n) is 4.96. The quantitative estimate of drug-likeness (QED) is 0.774. The van der Waals surface area contributed by atoms with E-state index in [0.717, 1.165) is 10.5 Å². The molecule has 7 heteroatoms. The van der Waals surface area contributed by atoms with Crippen LogP contribution in [0.3, 0.4) is 0 Å². The Morgan fingerprint density at radius 2 is 2.00 bits per heavy atom. The Morgan fingerprint density at radius 3 is 2.59 bits per heavy atom. The average Bonchev–Trinajstić information content (AvgIpc) is 2.43. The van der Waals surface area contributed by atoms with Crippen LogP contribution in [0.1, 0.15) is 18.9 Å². The van der Waals surface area contributed by atoms with E-state index in [2.05, 4.69) is 5.32 Å². The Hall–Kier alpha value is -1.60. The van der Waals surface area contributed by atoms with Gasteiger partial charge in [-0.3, -0.25) is 9.69 Å². The number of halogens is 3. The second kappa shape index (κ2) is 8.75. The molecule has 1 aromatic rings. The zero-order chi connectivity index (χ0) is 16.6. The molecule has 0 heterocycles. The monoisotopic (exact) mass is 318 g/mol. The van der Waals surface area contributed by atoms with Crippen molar-refractivity contribution in [3.63, 3.8) is 0 Å². The van der Waals surface area contributed by atoms with E-state index in [-0.39, 0.29) is 26.1 Å². The van der Waals surface area contributed by atoms with E-state index in [1.165, 1.54) is 0 Å². The Morgan fingerprint density at radius 1 is 1.32 bits per heavy atom. The first-order chi connectivity index (χ1) is 10.4. The lowest BCUT2D eigenvalue weighted by molar-refractivity contribution is -0.148. The molecular formula is C15H21F3N2O2. The van der Waals surface area contributed by atoms with Crippen LogP contribution in [0, 0.1) is 0 Å². The van der Waals surface area contributed by atoms with Gasteiger partial charge in [-0.05, 0) is 24.5 Å². The number of nitrogens with one attached hydrogen (secondary N) is 1. The second-order valence-corrected chi connectivity index (χ2v) is 4.96. The summed E-state index contributed by atoms with van der Waals surface area (Å²) in [7, 11) is 0. The summed E-state index contributed by atoms with van der Waals surface area (Å²) in [5.41, 5.74) is 1.54. The van der Waals surface area contributed by atoms with Gasteiger partial charge in [0.2, 0.25) is 5.91 Å². The fourth-order valence-corrected chi connectivity index (χ4v) is 2.11. The lowest BCUT2D eigenvalue weighted by Crippen LogP contribution is -2.40. The van der Waals surface area contributed by atoms with Gasteiger partial charge in [0.05, 0.1) is 13.1 Å². The van der Waals surface area contributed by atoms with E-state index < -0.39 is 18.6 Å². The summed E-state index contributed by atoms with van der Waals surface area (Å²) in [6, 6.07) is 7.17. The summed E-state index contributed by atoms with van der Waals surface area (Å²) in [5, 5.41) is 11.4. The SMILES string of the molecule is CCc1ccccc1NC(=O)CN(CCCO)CC(F)(F)F. The highest BCUT2D eigenvalue weighted by molar-refractivity contribution is 5.93. The maximum absolute atomic E-state index is 12.5. The molecule has 0 spiro atoms. The summed E-state index contributed by atoms with van der Waals surface area (Å²) in [6.07, 6.45) is -3.47. The van der Waals surface area contributed by atoms with E-state index in [1.54, 1.807) is 12.1 Å². The van der Waals surface area contributed by atoms with Crippen LogP contribution in [0.4, 0.5) is 18.9 Å². The van der Waals surface area contributed by atoms with Gasteiger partial charge in [0.25, 0.3) is 0 Å². The van der Waals surface area contributed by atoms with Gasteiger partial charge in [0, 0.05) is 18.8 Å². The maximum atomic E-state index is 12.5. The Bertz CT molecular complexity index is 478. The molecule has 1 aromatic carbocycles. The minimum absolute atomic E-state index is 0.0128. The van der Waals surface area contributed by atoms with E-state index in [0.29, 0.717) is 12.1 Å². The molecule has 0 radical (unpaired) electrons. The number of rotatable bonds is 8. The van der Waals surface area contributed by atoms with Crippen molar-refractivity contribution in [2.24, 2.45) is 0 Å². The third kappa shape index (κ3) is 6.91. The molecule has 0 bridgehead atoms. The van der Waals surface area contributed by atoms with Crippen LogP contribution in [0.5, 0.6) is 0 Å². The Balaban J connectivity index is 2.65. The Kier molecular flexibility index (Phi) is 7.34. The van der Waals surface area contributed by atoms with Crippen LogP contribution < -0.4 is 5.32 Å². The predicted molar refractivity (Wildman–Crippen MR) is 78.6 cm³/mol. The minimum atomic E-state index is -4.38. The molecule has 0 saturated heterocycles. The van der Waals surface area contributed by atoms with Crippen LogP contribution in [-0.4, -0.2) is 48.3 Å². The molecule has 22 heavy (non-hydrogen) atoms. The molecule has 0 atom stereocenters. The molecule has 4 nitrogen and oxygen atoms in total. The van der Waals surface area contributed by atoms with Gasteiger partial charge < -0.3 is 10.4 Å². The zero-order valence-electron chi connectivity index (χ0n) is 12.5. The van der Waals surface area contributed by atoms with Gasteiger partial charge in [0.15, 0.2) is 0 Å². The number of hydrogen-bond donors (Lipinski definition) is 2. The fraction of sp³-hybridized carbons (Fsp3) is 0.533. The van der Waals surface area contributed by atoms with Crippen LogP contribution >= 0.6 is 0 Å². The van der Waals surface area contributed by atoms with Crippen LogP contribution in [-0.2, 0) is 11.2 Å². The first kappa shape index (κ1) is 18.4. The summed E-state index contributed by atoms with van der Waals surface area (Å²) in [4.78, 5) is 12.9. The molecule has 0 saturated carbocycles. The van der Waals surface area contributed by atoms with Crippen LogP contribution in [0.25, 0.3) is 0 Å². The van der Waals surface area contributed by atoms with Crippen molar-refractivity contribution < 1.29 is 23.1 Å². The van der Waals surface area contributed by atoms with E-state index >= 15 is 0 Å². The van der Waals surface area contributed by atoms with Crippen LogP contribution in [0.2, 0.25) is 0 Å². The molecular weight excluding hydrogens is 297 g/mol. The smallest absolute Gasteiger partial charge is 0.396 e. The van der Waals surface area contributed by atoms with Crippen molar-refractivity contribution >= 4 is 11.6 Å². The third-order valence-corrected chi connectivity index (χ3v) is 3.07. The van der Waals surface area contributed by atoms with Gasteiger partial charge in [0.1, 0.15) is 0 Å². The summed E-state index contributed by atoms with van der Waals surface area (Å²) >= 11 is 0. The first-order valence-electron chi connectivity index (χ1n) is 7.13. The third-order valence-electron chi connectivity index (χ3n) is 3.07. The average molecular weight is 318 g/mol. The molecule has 0 fully saturated rings. The normalized spacial score (nSPS) is 11.7. The largest absolute Gasteiger partial charge is 0.401 e. The number of alkyl halides is 3. The number of anilines is 1.